The summed E-state index contributed by atoms with van der Waals surface area (Å²) in [5, 5.41) is 49.0. The standard InChI is InChI=1S/C49H61N5O18.C19H27N3O3S2/c1-5-33(58)51-22-26(56)11-13-35(60)53-23-27(57)12-14-34(59)52-21-25(55)8-7-15-50-48(65)49(66)19-29-38(44(64)40-39(42(29)62)41(61)28-9-6-10-31(67-3)37(28)43(40)63)32(20-49)71-36-18-30-45(24(2)70-36)72-46-47(68-4)69-17-16-54(30)46;1-4-24-9-10-25-8-7-20-19(23)14-5-6-15-16(11-14)22-18(13-27-3)17(21-15)12-26-2/h6,9-10,24,30,32,36,45-47,62,64,66H,5,7-8,11-23H2,1-4H3,(H,50,65)(H,51,58)(H,52,59)(H,53,60);5-6,11H,4,7-10,12-13H2,1-3H3,(H,20,23)/t24-,30-,32-,36-,45+,46+,47-,49-;/m0./s1. The van der Waals surface area contributed by atoms with Crippen molar-refractivity contribution in [1.82, 2.24) is 41.5 Å². The second kappa shape index (κ2) is 36.7. The molecule has 0 radical (unpaired) electrons. The van der Waals surface area contributed by atoms with E-state index in [2.05, 4.69) is 44.0 Å². The van der Waals surface area contributed by atoms with Crippen molar-refractivity contribution in [3.8, 4) is 17.2 Å². The summed E-state index contributed by atoms with van der Waals surface area (Å²) >= 11 is 3.45. The van der Waals surface area contributed by atoms with Gasteiger partial charge in [-0.3, -0.25) is 52.8 Å². The number of methoxy groups -OCH3 is 2. The molecular formula is C68H88N8O21S2. The van der Waals surface area contributed by atoms with E-state index in [1.807, 2.05) is 13.0 Å². The Hall–Kier alpha value is -7.56. The van der Waals surface area contributed by atoms with Crippen molar-refractivity contribution in [1.29, 1.82) is 0 Å². The number of ether oxygens (including phenoxy) is 8. The van der Waals surface area contributed by atoms with E-state index in [9.17, 15) is 63.3 Å². The monoisotopic (exact) mass is 1420 g/mol. The van der Waals surface area contributed by atoms with Gasteiger partial charge in [-0.2, -0.15) is 23.5 Å². The minimum Gasteiger partial charge on any atom is -0.507 e. The van der Waals surface area contributed by atoms with E-state index in [1.54, 1.807) is 49.5 Å². The summed E-state index contributed by atoms with van der Waals surface area (Å²) in [6.45, 7) is 7.93. The van der Waals surface area contributed by atoms with E-state index >= 15 is 0 Å². The molecule has 0 bridgehead atoms. The van der Waals surface area contributed by atoms with E-state index in [-0.39, 0.29) is 129 Å². The van der Waals surface area contributed by atoms with Crippen LogP contribution in [0.15, 0.2) is 36.4 Å². The zero-order valence-electron chi connectivity index (χ0n) is 56.6. The number of carbonyl (C=O) groups excluding carboxylic acids is 10. The summed E-state index contributed by atoms with van der Waals surface area (Å²) in [7, 11) is 2.83. The van der Waals surface area contributed by atoms with Crippen molar-refractivity contribution >= 4 is 93.0 Å². The molecule has 3 aliphatic heterocycles. The highest BCUT2D eigenvalue weighted by Crippen LogP contribution is 2.53. The van der Waals surface area contributed by atoms with Crippen LogP contribution < -0.4 is 31.3 Å². The molecule has 8 N–H and O–H groups in total. The first-order valence-electron chi connectivity index (χ1n) is 32.9. The fourth-order valence-corrected chi connectivity index (χ4v) is 13.3. The third-order valence-electron chi connectivity index (χ3n) is 17.3. The highest BCUT2D eigenvalue weighted by atomic mass is 32.2. The number of ketones is 5. The minimum atomic E-state index is -2.34. The lowest BCUT2D eigenvalue weighted by molar-refractivity contribution is -0.256. The topological polar surface area (TPSA) is 394 Å². The maximum Gasteiger partial charge on any atom is 0.252 e. The summed E-state index contributed by atoms with van der Waals surface area (Å²) in [5.74, 6) is -4.97. The maximum absolute atomic E-state index is 14.2. The molecule has 29 nitrogen and oxygen atoms in total. The molecule has 3 fully saturated rings. The first-order valence-corrected chi connectivity index (χ1v) is 35.7. The third-order valence-corrected chi connectivity index (χ3v) is 18.4. The SMILES string of the molecule is CCC(=O)NCC(=O)CCC(=O)NCC(=O)CCC(=O)NCC(=O)CCCNC(=O)[C@]1(O)Cc2c(O)c3c(c(O)c2[C@@H](O[C@H]2C[C@H]4[C@H](O[C@@H]5[C@@H](OC)OCCN54)[C@H](C)O2)C1)C(=O)c1c(OC)cccc1C3=O.CCOCCOCCNC(=O)c1ccc2nc(CSC)c(CSC)nc2c1. The molecule has 2 aliphatic carbocycles. The molecule has 1 aromatic heterocycles. The Morgan fingerprint density at radius 3 is 2.02 bits per heavy atom. The lowest BCUT2D eigenvalue weighted by atomic mass is 9.72. The number of hydrogen-bond acceptors (Lipinski definition) is 26. The number of fused-ring (bicyclic) bond motifs is 7. The molecular weight excluding hydrogens is 1330 g/mol. The van der Waals surface area contributed by atoms with Gasteiger partial charge in [0.1, 0.15) is 29.0 Å². The largest absolute Gasteiger partial charge is 0.507 e. The Labute approximate surface area is 581 Å². The van der Waals surface area contributed by atoms with Crippen LogP contribution in [0.3, 0.4) is 0 Å². The van der Waals surface area contributed by atoms with Gasteiger partial charge in [-0.25, -0.2) is 9.97 Å². The fourth-order valence-electron chi connectivity index (χ4n) is 12.3. The molecule has 31 heteroatoms. The number of nitrogens with one attached hydrogen (secondary N) is 5. The van der Waals surface area contributed by atoms with Crippen LogP contribution in [0.25, 0.3) is 11.0 Å². The number of aliphatic hydroxyl groups is 1. The zero-order chi connectivity index (χ0) is 71.5. The highest BCUT2D eigenvalue weighted by Gasteiger charge is 2.55. The molecule has 538 valence electrons. The summed E-state index contributed by atoms with van der Waals surface area (Å²) in [6, 6.07) is 9.57. The van der Waals surface area contributed by atoms with E-state index in [0.29, 0.717) is 51.7 Å². The normalized spacial score (nSPS) is 21.3. The Balaban J connectivity index is 0.000000386. The van der Waals surface area contributed by atoms with Crippen molar-refractivity contribution < 1.29 is 101 Å². The smallest absolute Gasteiger partial charge is 0.252 e. The van der Waals surface area contributed by atoms with E-state index in [4.69, 9.17) is 47.9 Å². The molecule has 3 saturated heterocycles. The Bertz CT molecular complexity index is 3640. The number of aromatic hydroxyl groups is 2. The van der Waals surface area contributed by atoms with Crippen LogP contribution in [-0.2, 0) is 84.6 Å². The van der Waals surface area contributed by atoms with Crippen molar-refractivity contribution in [2.24, 2.45) is 0 Å². The molecule has 4 aromatic rings. The van der Waals surface area contributed by atoms with Gasteiger partial charge in [-0.05, 0) is 57.0 Å². The van der Waals surface area contributed by atoms with Crippen molar-refractivity contribution in [3.63, 3.8) is 0 Å². The van der Waals surface area contributed by atoms with Gasteiger partial charge in [-0.15, -0.1) is 0 Å². The average Bonchev–Trinajstić information content (AvgIpc) is 1.21. The summed E-state index contributed by atoms with van der Waals surface area (Å²) in [4.78, 5) is 139. The van der Waals surface area contributed by atoms with Crippen molar-refractivity contribution in [2.45, 2.75) is 145 Å². The number of nitrogens with zero attached hydrogens (tertiary/aromatic N) is 3. The van der Waals surface area contributed by atoms with Crippen LogP contribution in [-0.4, -0.2) is 230 Å². The van der Waals surface area contributed by atoms with Crippen LogP contribution in [0.5, 0.6) is 17.2 Å². The Kier molecular flexibility index (Phi) is 28.6. The van der Waals surface area contributed by atoms with Gasteiger partial charge in [-0.1, -0.05) is 19.1 Å². The van der Waals surface area contributed by atoms with E-state index in [0.717, 1.165) is 33.9 Å². The van der Waals surface area contributed by atoms with Gasteiger partial charge in [0.2, 0.25) is 23.5 Å². The zero-order valence-corrected chi connectivity index (χ0v) is 58.3. The Morgan fingerprint density at radius 2 is 1.37 bits per heavy atom. The van der Waals surface area contributed by atoms with Gasteiger partial charge in [0.05, 0.1) is 104 Å². The lowest BCUT2D eigenvalue weighted by Crippen LogP contribution is -2.55. The number of phenolic OH excluding ortho intramolecular Hbond substituents is 2. The minimum absolute atomic E-state index is 0.0690. The molecule has 4 heterocycles. The number of hydrogen-bond donors (Lipinski definition) is 8. The molecule has 5 amide bonds. The summed E-state index contributed by atoms with van der Waals surface area (Å²) in [5.41, 5.74) is 0.297. The van der Waals surface area contributed by atoms with Crippen molar-refractivity contribution in [3.05, 3.63) is 86.7 Å². The van der Waals surface area contributed by atoms with Crippen LogP contribution in [0.1, 0.15) is 149 Å². The second-order valence-electron chi connectivity index (χ2n) is 24.1. The molecule has 0 saturated carbocycles. The fraction of sp³-hybridized carbons (Fsp3) is 0.559. The van der Waals surface area contributed by atoms with Gasteiger partial charge >= 0.3 is 0 Å². The van der Waals surface area contributed by atoms with Gasteiger partial charge < -0.3 is 79.8 Å². The number of morpholine rings is 1. The number of benzene rings is 3. The van der Waals surface area contributed by atoms with Crippen LogP contribution in [0, 0.1) is 0 Å². The van der Waals surface area contributed by atoms with E-state index < -0.39 is 119 Å². The number of thioether (sulfide) groups is 2. The molecule has 99 heavy (non-hydrogen) atoms. The number of Topliss-reactive ketones (excluding diaryl/α,β-unsaturated/α-hetero) is 3. The predicted molar refractivity (Wildman–Crippen MR) is 360 cm³/mol. The summed E-state index contributed by atoms with van der Waals surface area (Å²) < 4.78 is 46.4. The molecule has 3 aromatic carbocycles. The van der Waals surface area contributed by atoms with Crippen LogP contribution >= 0.6 is 23.5 Å². The molecule has 0 unspecified atom stereocenters. The van der Waals surface area contributed by atoms with Gasteiger partial charge in [0.25, 0.3) is 11.8 Å². The number of amides is 5. The van der Waals surface area contributed by atoms with Crippen LogP contribution in [0.4, 0.5) is 0 Å². The quantitative estimate of drug-likeness (QED) is 0.0216. The predicted octanol–water partition coefficient (Wildman–Crippen LogP) is 3.21. The number of phenols is 2. The highest BCUT2D eigenvalue weighted by molar-refractivity contribution is 7.98. The lowest BCUT2D eigenvalue weighted by Gasteiger charge is -2.43. The number of carbonyl (C=O) groups is 10. The maximum atomic E-state index is 14.2. The van der Waals surface area contributed by atoms with Crippen LogP contribution in [0.2, 0.25) is 0 Å². The van der Waals surface area contributed by atoms with E-state index in [1.165, 1.54) is 32.4 Å². The van der Waals surface area contributed by atoms with Gasteiger partial charge in [0.15, 0.2) is 41.9 Å². The average molecular weight is 1420 g/mol. The Morgan fingerprint density at radius 1 is 0.727 bits per heavy atom. The summed E-state index contributed by atoms with van der Waals surface area (Å²) in [6.07, 6.45) is -1.96. The molecule has 5 aliphatic rings. The van der Waals surface area contributed by atoms with Crippen molar-refractivity contribution in [2.75, 3.05) is 99.0 Å². The third kappa shape index (κ3) is 19.5. The first kappa shape index (κ1) is 77.2. The molecule has 9 rings (SSSR count). The number of rotatable bonds is 34. The molecule has 0 spiro atoms. The molecule has 8 atom stereocenters. The first-order chi connectivity index (χ1) is 47.6. The number of aromatic nitrogens is 2. The second-order valence-corrected chi connectivity index (χ2v) is 25.8. The van der Waals surface area contributed by atoms with Gasteiger partial charge in [0, 0.05) is 131 Å².